The van der Waals surface area contributed by atoms with E-state index in [9.17, 15) is 9.90 Å². The van der Waals surface area contributed by atoms with Gasteiger partial charge in [0.05, 0.1) is 6.04 Å². The van der Waals surface area contributed by atoms with Crippen LogP contribution >= 0.6 is 0 Å². The fourth-order valence-electron chi connectivity index (χ4n) is 2.45. The molecule has 0 rings (SSSR count). The molecule has 0 radical (unpaired) electrons. The Labute approximate surface area is 124 Å². The maximum Gasteiger partial charge on any atom is 0.180 e. The van der Waals surface area contributed by atoms with E-state index in [1.165, 1.54) is 0 Å². The maximum atomic E-state index is 12.1. The van der Waals surface area contributed by atoms with Crippen LogP contribution in [0.25, 0.3) is 0 Å². The summed E-state index contributed by atoms with van der Waals surface area (Å²) in [5.74, 6) is -0.199. The Morgan fingerprint density at radius 3 is 2.15 bits per heavy atom. The van der Waals surface area contributed by atoms with Crippen molar-refractivity contribution in [3.05, 3.63) is 0 Å². The highest BCUT2D eigenvalue weighted by Gasteiger charge is 2.34. The van der Waals surface area contributed by atoms with Crippen molar-refractivity contribution >= 4 is 5.78 Å². The van der Waals surface area contributed by atoms with Crippen LogP contribution in [0.2, 0.25) is 0 Å². The number of unbranched alkanes of at least 4 members (excludes halogenated alkanes) is 1. The van der Waals surface area contributed by atoms with Crippen LogP contribution in [0.4, 0.5) is 0 Å². The Morgan fingerprint density at radius 1 is 1.15 bits per heavy atom. The number of aliphatic hydroxyl groups is 1. The smallest absolute Gasteiger partial charge is 0.180 e. The summed E-state index contributed by atoms with van der Waals surface area (Å²) in [6.07, 6.45) is 5.77. The number of carbonyl (C=O) groups is 1. The second-order valence-corrected chi connectivity index (χ2v) is 5.67. The normalized spacial score (nSPS) is 13.8. The van der Waals surface area contributed by atoms with Gasteiger partial charge in [0.2, 0.25) is 0 Å². The van der Waals surface area contributed by atoms with E-state index in [1.54, 1.807) is 0 Å². The third-order valence-corrected chi connectivity index (χ3v) is 4.33. The van der Waals surface area contributed by atoms with Crippen LogP contribution in [0, 0.1) is 0 Å². The van der Waals surface area contributed by atoms with Crippen molar-refractivity contribution in [1.29, 1.82) is 0 Å². The Hall–Kier alpha value is -0.450. The van der Waals surface area contributed by atoms with Gasteiger partial charge < -0.3 is 16.2 Å². The molecule has 0 aliphatic carbocycles. The van der Waals surface area contributed by atoms with Crippen LogP contribution in [0.5, 0.6) is 0 Å². The first kappa shape index (κ1) is 19.6. The standard InChI is InChI=1S/C16H34N2O2/c1-5-13(6-2)18-12-10-9-11-14(17)15(19)16(20,7-3)8-4/h13-14,18,20H,5-12,17H2,1-4H3. The number of Topliss-reactive ketones (excluding diaryl/α,β-unsaturated/α-hetero) is 1. The predicted octanol–water partition coefficient (Wildman–Crippen LogP) is 2.38. The summed E-state index contributed by atoms with van der Waals surface area (Å²) in [6, 6.07) is 0.0589. The first-order chi connectivity index (χ1) is 9.45. The Balaban J connectivity index is 3.94. The summed E-state index contributed by atoms with van der Waals surface area (Å²) in [5, 5.41) is 13.7. The lowest BCUT2D eigenvalue weighted by Crippen LogP contribution is -2.47. The summed E-state index contributed by atoms with van der Waals surface area (Å²) in [6.45, 7) is 9.00. The van der Waals surface area contributed by atoms with Crippen molar-refractivity contribution in [1.82, 2.24) is 5.32 Å². The summed E-state index contributed by atoms with van der Waals surface area (Å²) in [5.41, 5.74) is 4.69. The van der Waals surface area contributed by atoms with Gasteiger partial charge in [-0.1, -0.05) is 34.1 Å². The third kappa shape index (κ3) is 6.33. The van der Waals surface area contributed by atoms with Crippen molar-refractivity contribution < 1.29 is 9.90 Å². The second kappa shape index (κ2) is 10.3. The number of nitrogens with two attached hydrogens (primary N) is 1. The lowest BCUT2D eigenvalue weighted by atomic mass is 9.86. The molecule has 4 nitrogen and oxygen atoms in total. The zero-order valence-electron chi connectivity index (χ0n) is 13.7. The molecule has 120 valence electrons. The number of hydrogen-bond donors (Lipinski definition) is 3. The molecule has 20 heavy (non-hydrogen) atoms. The first-order valence-corrected chi connectivity index (χ1v) is 8.20. The fraction of sp³-hybridized carbons (Fsp3) is 0.938. The molecule has 0 aromatic carbocycles. The van der Waals surface area contributed by atoms with E-state index in [4.69, 9.17) is 5.73 Å². The van der Waals surface area contributed by atoms with Crippen molar-refractivity contribution in [2.24, 2.45) is 5.73 Å². The average Bonchev–Trinajstić information content (AvgIpc) is 2.49. The molecule has 0 bridgehead atoms. The molecule has 0 amide bonds. The summed E-state index contributed by atoms with van der Waals surface area (Å²) < 4.78 is 0. The van der Waals surface area contributed by atoms with E-state index in [1.807, 2.05) is 13.8 Å². The van der Waals surface area contributed by atoms with E-state index in [-0.39, 0.29) is 5.78 Å². The quantitative estimate of drug-likeness (QED) is 0.482. The maximum absolute atomic E-state index is 12.1. The third-order valence-electron chi connectivity index (χ3n) is 4.33. The second-order valence-electron chi connectivity index (χ2n) is 5.67. The van der Waals surface area contributed by atoms with E-state index in [0.717, 1.165) is 32.2 Å². The van der Waals surface area contributed by atoms with Crippen LogP contribution in [-0.2, 0) is 4.79 Å². The van der Waals surface area contributed by atoms with Gasteiger partial charge in [0.25, 0.3) is 0 Å². The van der Waals surface area contributed by atoms with Gasteiger partial charge in [-0.25, -0.2) is 0 Å². The molecule has 0 saturated carbocycles. The molecule has 0 heterocycles. The predicted molar refractivity (Wildman–Crippen MR) is 84.7 cm³/mol. The van der Waals surface area contributed by atoms with E-state index < -0.39 is 11.6 Å². The molecule has 4 heteroatoms. The first-order valence-electron chi connectivity index (χ1n) is 8.20. The number of nitrogens with one attached hydrogen (secondary N) is 1. The largest absolute Gasteiger partial charge is 0.382 e. The van der Waals surface area contributed by atoms with Crippen LogP contribution < -0.4 is 11.1 Å². The van der Waals surface area contributed by atoms with Crippen molar-refractivity contribution in [2.45, 2.75) is 90.3 Å². The molecule has 0 aromatic heterocycles. The van der Waals surface area contributed by atoms with Crippen molar-refractivity contribution in [3.8, 4) is 0 Å². The van der Waals surface area contributed by atoms with Crippen LogP contribution in [0.1, 0.15) is 72.6 Å². The Bertz CT molecular complexity index is 261. The summed E-state index contributed by atoms with van der Waals surface area (Å²) >= 11 is 0. The van der Waals surface area contributed by atoms with Gasteiger partial charge in [-0.2, -0.15) is 0 Å². The Morgan fingerprint density at radius 2 is 1.70 bits per heavy atom. The molecule has 0 spiro atoms. The molecule has 0 saturated heterocycles. The van der Waals surface area contributed by atoms with Crippen molar-refractivity contribution in [3.63, 3.8) is 0 Å². The topological polar surface area (TPSA) is 75.3 Å². The minimum Gasteiger partial charge on any atom is -0.382 e. The molecule has 0 aromatic rings. The minimum atomic E-state index is -1.23. The zero-order valence-corrected chi connectivity index (χ0v) is 13.7. The number of carbonyl (C=O) groups excluding carboxylic acids is 1. The molecule has 0 aliphatic heterocycles. The van der Waals surface area contributed by atoms with Gasteiger partial charge >= 0.3 is 0 Å². The van der Waals surface area contributed by atoms with Crippen molar-refractivity contribution in [2.75, 3.05) is 6.54 Å². The number of ketones is 1. The van der Waals surface area contributed by atoms with Gasteiger partial charge in [-0.3, -0.25) is 4.79 Å². The number of hydrogen-bond acceptors (Lipinski definition) is 4. The minimum absolute atomic E-state index is 0.199. The molecular formula is C16H34N2O2. The van der Waals surface area contributed by atoms with E-state index >= 15 is 0 Å². The van der Waals surface area contributed by atoms with Gasteiger partial charge in [0.15, 0.2) is 5.78 Å². The highest BCUT2D eigenvalue weighted by Crippen LogP contribution is 2.19. The highest BCUT2D eigenvalue weighted by molar-refractivity contribution is 5.91. The molecular weight excluding hydrogens is 252 g/mol. The molecule has 1 unspecified atom stereocenters. The monoisotopic (exact) mass is 286 g/mol. The van der Waals surface area contributed by atoms with Crippen LogP contribution in [0.3, 0.4) is 0 Å². The van der Waals surface area contributed by atoms with E-state index in [0.29, 0.717) is 25.3 Å². The van der Waals surface area contributed by atoms with Crippen LogP contribution in [-0.4, -0.2) is 35.1 Å². The molecule has 0 fully saturated rings. The van der Waals surface area contributed by atoms with Gasteiger partial charge in [0.1, 0.15) is 5.60 Å². The fourth-order valence-corrected chi connectivity index (χ4v) is 2.45. The molecule has 0 aliphatic rings. The molecule has 4 N–H and O–H groups in total. The summed E-state index contributed by atoms with van der Waals surface area (Å²) in [4.78, 5) is 12.1. The van der Waals surface area contributed by atoms with Crippen LogP contribution in [0.15, 0.2) is 0 Å². The molecule has 1 atom stereocenters. The highest BCUT2D eigenvalue weighted by atomic mass is 16.3. The van der Waals surface area contributed by atoms with Gasteiger partial charge in [0, 0.05) is 6.04 Å². The number of rotatable bonds is 12. The van der Waals surface area contributed by atoms with E-state index in [2.05, 4.69) is 19.2 Å². The summed E-state index contributed by atoms with van der Waals surface area (Å²) in [7, 11) is 0. The SMILES string of the molecule is CCC(CC)NCCCCC(N)C(=O)C(O)(CC)CC. The van der Waals surface area contributed by atoms with Gasteiger partial charge in [-0.05, 0) is 45.1 Å². The lowest BCUT2D eigenvalue weighted by molar-refractivity contribution is -0.139. The Kier molecular flexibility index (Phi) is 10.1. The zero-order chi connectivity index (χ0) is 15.6. The van der Waals surface area contributed by atoms with Gasteiger partial charge in [-0.15, -0.1) is 0 Å². The average molecular weight is 286 g/mol. The lowest BCUT2D eigenvalue weighted by Gasteiger charge is -2.26.